The largest absolute Gasteiger partial charge is 0.494 e. The van der Waals surface area contributed by atoms with E-state index in [1.165, 1.54) is 24.2 Å². The zero-order valence-corrected chi connectivity index (χ0v) is 14.4. The molecule has 1 N–H and O–H groups in total. The first-order valence-corrected chi connectivity index (χ1v) is 8.63. The van der Waals surface area contributed by atoms with Gasteiger partial charge in [0.1, 0.15) is 22.9 Å². The summed E-state index contributed by atoms with van der Waals surface area (Å²) in [6, 6.07) is 6.53. The summed E-state index contributed by atoms with van der Waals surface area (Å²) in [5, 5.41) is 13.0. The number of aromatic nitrogens is 2. The number of hydrogen-bond acceptors (Lipinski definition) is 5. The van der Waals surface area contributed by atoms with Gasteiger partial charge in [-0.05, 0) is 26.0 Å². The maximum absolute atomic E-state index is 12.7. The van der Waals surface area contributed by atoms with E-state index in [2.05, 4.69) is 5.10 Å². The highest BCUT2D eigenvalue weighted by Gasteiger charge is 2.30. The van der Waals surface area contributed by atoms with Crippen LogP contribution in [-0.2, 0) is 14.8 Å². The zero-order valence-electron chi connectivity index (χ0n) is 13.6. The van der Waals surface area contributed by atoms with E-state index in [9.17, 15) is 13.2 Å². The Labute approximate surface area is 140 Å². The molecule has 0 unspecified atom stereocenters. The van der Waals surface area contributed by atoms with Gasteiger partial charge < -0.3 is 9.84 Å². The van der Waals surface area contributed by atoms with Gasteiger partial charge in [0, 0.05) is 6.04 Å². The first-order chi connectivity index (χ1) is 11.3. The Kier molecular flexibility index (Phi) is 5.25. The molecule has 0 fully saturated rings. The minimum atomic E-state index is -3.97. The molecular weight excluding hydrogens is 334 g/mol. The third-order valence-electron chi connectivity index (χ3n) is 3.36. The normalized spacial score (nSPS) is 11.9. The standard InChI is InChI=1S/C15H19N3O5S/c1-11(2)18(10-15(19)20)24(21,22)12-8-16-17(9-12)13-6-4-5-7-14(13)23-3/h4-9,11H,10H2,1-3H3,(H,19,20). The molecule has 0 amide bonds. The third-order valence-corrected chi connectivity index (χ3v) is 5.34. The molecule has 9 heteroatoms. The van der Waals surface area contributed by atoms with Crippen LogP contribution in [0.15, 0.2) is 41.6 Å². The van der Waals surface area contributed by atoms with Crippen LogP contribution in [0.3, 0.4) is 0 Å². The van der Waals surface area contributed by atoms with Gasteiger partial charge in [-0.2, -0.15) is 9.40 Å². The Balaban J connectivity index is 2.43. The van der Waals surface area contributed by atoms with Crippen LogP contribution in [0.4, 0.5) is 0 Å². The third kappa shape index (κ3) is 3.57. The zero-order chi connectivity index (χ0) is 17.9. The SMILES string of the molecule is COc1ccccc1-n1cc(S(=O)(=O)N(CC(=O)O)C(C)C)cn1. The molecule has 1 aromatic carbocycles. The van der Waals surface area contributed by atoms with Crippen LogP contribution in [0.5, 0.6) is 5.75 Å². The molecule has 0 atom stereocenters. The average molecular weight is 353 g/mol. The summed E-state index contributed by atoms with van der Waals surface area (Å²) >= 11 is 0. The lowest BCUT2D eigenvalue weighted by Crippen LogP contribution is -2.40. The summed E-state index contributed by atoms with van der Waals surface area (Å²) in [7, 11) is -2.47. The maximum Gasteiger partial charge on any atom is 0.318 e. The molecule has 24 heavy (non-hydrogen) atoms. The van der Waals surface area contributed by atoms with Crippen molar-refractivity contribution in [3.63, 3.8) is 0 Å². The van der Waals surface area contributed by atoms with Crippen LogP contribution in [0.25, 0.3) is 5.69 Å². The minimum absolute atomic E-state index is 0.0802. The molecule has 0 aliphatic heterocycles. The lowest BCUT2D eigenvalue weighted by molar-refractivity contribution is -0.137. The van der Waals surface area contributed by atoms with Gasteiger partial charge in [-0.25, -0.2) is 13.1 Å². The minimum Gasteiger partial charge on any atom is -0.494 e. The van der Waals surface area contributed by atoms with Crippen LogP contribution in [-0.4, -0.2) is 53.3 Å². The number of para-hydroxylation sites is 2. The molecule has 0 spiro atoms. The van der Waals surface area contributed by atoms with E-state index in [-0.39, 0.29) is 4.90 Å². The molecule has 8 nitrogen and oxygen atoms in total. The Hall–Kier alpha value is -2.39. The molecule has 0 radical (unpaired) electrons. The van der Waals surface area contributed by atoms with E-state index in [0.717, 1.165) is 4.31 Å². The highest BCUT2D eigenvalue weighted by molar-refractivity contribution is 7.89. The summed E-state index contributed by atoms with van der Waals surface area (Å²) in [6.07, 6.45) is 2.53. The van der Waals surface area contributed by atoms with E-state index in [1.54, 1.807) is 38.1 Å². The number of sulfonamides is 1. The van der Waals surface area contributed by atoms with Crippen LogP contribution < -0.4 is 4.74 Å². The Morgan fingerprint density at radius 3 is 2.62 bits per heavy atom. The van der Waals surface area contributed by atoms with Crippen molar-refractivity contribution in [2.75, 3.05) is 13.7 Å². The summed E-state index contributed by atoms with van der Waals surface area (Å²) in [5.74, 6) is -0.680. The van der Waals surface area contributed by atoms with Gasteiger partial charge >= 0.3 is 5.97 Å². The molecule has 1 aromatic heterocycles. The van der Waals surface area contributed by atoms with Crippen molar-refractivity contribution in [1.82, 2.24) is 14.1 Å². The molecule has 0 bridgehead atoms. The number of methoxy groups -OCH3 is 1. The molecule has 130 valence electrons. The second-order valence-corrected chi connectivity index (χ2v) is 7.22. The number of hydrogen-bond donors (Lipinski definition) is 1. The predicted octanol–water partition coefficient (Wildman–Crippen LogP) is 1.36. The van der Waals surface area contributed by atoms with Crippen molar-refractivity contribution in [3.8, 4) is 11.4 Å². The molecular formula is C15H19N3O5S. The van der Waals surface area contributed by atoms with Crippen molar-refractivity contribution in [2.24, 2.45) is 0 Å². The summed E-state index contributed by atoms with van der Waals surface area (Å²) in [4.78, 5) is 10.9. The maximum atomic E-state index is 12.7. The fourth-order valence-corrected chi connectivity index (χ4v) is 3.72. The molecule has 0 saturated carbocycles. The van der Waals surface area contributed by atoms with Crippen molar-refractivity contribution in [3.05, 3.63) is 36.7 Å². The average Bonchev–Trinajstić information content (AvgIpc) is 3.02. The predicted molar refractivity (Wildman–Crippen MR) is 86.8 cm³/mol. The Morgan fingerprint density at radius 2 is 2.04 bits per heavy atom. The molecule has 0 saturated heterocycles. The quantitative estimate of drug-likeness (QED) is 0.806. The van der Waals surface area contributed by atoms with Crippen LogP contribution >= 0.6 is 0 Å². The number of nitrogens with zero attached hydrogens (tertiary/aromatic N) is 3. The number of rotatable bonds is 7. The van der Waals surface area contributed by atoms with Crippen LogP contribution in [0.2, 0.25) is 0 Å². The lowest BCUT2D eigenvalue weighted by atomic mass is 10.3. The van der Waals surface area contributed by atoms with Crippen LogP contribution in [0, 0.1) is 0 Å². The van der Waals surface area contributed by atoms with Crippen LogP contribution in [0.1, 0.15) is 13.8 Å². The van der Waals surface area contributed by atoms with Crippen molar-refractivity contribution in [1.29, 1.82) is 0 Å². The van der Waals surface area contributed by atoms with E-state index >= 15 is 0 Å². The van der Waals surface area contributed by atoms with E-state index in [0.29, 0.717) is 11.4 Å². The highest BCUT2D eigenvalue weighted by atomic mass is 32.2. The van der Waals surface area contributed by atoms with Gasteiger partial charge in [-0.3, -0.25) is 4.79 Å². The number of carbonyl (C=O) groups is 1. The van der Waals surface area contributed by atoms with E-state index < -0.39 is 28.6 Å². The van der Waals surface area contributed by atoms with Crippen molar-refractivity contribution < 1.29 is 23.1 Å². The molecule has 2 aromatic rings. The van der Waals surface area contributed by atoms with E-state index in [4.69, 9.17) is 9.84 Å². The summed E-state index contributed by atoms with van der Waals surface area (Å²) in [5.41, 5.74) is 0.579. The number of ether oxygens (including phenoxy) is 1. The number of carboxylic acid groups (broad SMARTS) is 1. The van der Waals surface area contributed by atoms with Crippen molar-refractivity contribution >= 4 is 16.0 Å². The lowest BCUT2D eigenvalue weighted by Gasteiger charge is -2.23. The fraction of sp³-hybridized carbons (Fsp3) is 0.333. The second kappa shape index (κ2) is 7.02. The number of carboxylic acids is 1. The first-order valence-electron chi connectivity index (χ1n) is 7.19. The van der Waals surface area contributed by atoms with Crippen molar-refractivity contribution in [2.45, 2.75) is 24.8 Å². The Bertz CT molecular complexity index is 829. The molecule has 2 rings (SSSR count). The summed E-state index contributed by atoms with van der Waals surface area (Å²) < 4.78 is 32.9. The monoisotopic (exact) mass is 353 g/mol. The fourth-order valence-electron chi connectivity index (χ4n) is 2.20. The van der Waals surface area contributed by atoms with Gasteiger partial charge in [0.2, 0.25) is 10.0 Å². The van der Waals surface area contributed by atoms with Gasteiger partial charge in [-0.15, -0.1) is 0 Å². The molecule has 0 aliphatic rings. The smallest absolute Gasteiger partial charge is 0.318 e. The highest BCUT2D eigenvalue weighted by Crippen LogP contribution is 2.24. The van der Waals surface area contributed by atoms with Gasteiger partial charge in [-0.1, -0.05) is 12.1 Å². The van der Waals surface area contributed by atoms with Gasteiger partial charge in [0.25, 0.3) is 0 Å². The molecule has 1 heterocycles. The van der Waals surface area contributed by atoms with Gasteiger partial charge in [0.05, 0.1) is 19.5 Å². The Morgan fingerprint density at radius 1 is 1.38 bits per heavy atom. The summed E-state index contributed by atoms with van der Waals surface area (Å²) in [6.45, 7) is 2.62. The topological polar surface area (TPSA) is 102 Å². The van der Waals surface area contributed by atoms with Gasteiger partial charge in [0.15, 0.2) is 0 Å². The number of aliphatic carboxylic acids is 1. The number of benzene rings is 1. The first kappa shape index (κ1) is 18.0. The molecule has 0 aliphatic carbocycles. The second-order valence-electron chi connectivity index (χ2n) is 5.33. The van der Waals surface area contributed by atoms with E-state index in [1.807, 2.05) is 0 Å².